The number of carbonyl (C=O) groups excluding carboxylic acids is 2. The first-order valence-electron chi connectivity index (χ1n) is 6.00. The molecule has 6 nitrogen and oxygen atoms in total. The maximum atomic E-state index is 11.9. The van der Waals surface area contributed by atoms with Gasteiger partial charge in [0.2, 0.25) is 11.8 Å². The van der Waals surface area contributed by atoms with E-state index in [1.165, 1.54) is 11.8 Å². The van der Waals surface area contributed by atoms with Crippen molar-refractivity contribution in [2.24, 2.45) is 0 Å². The van der Waals surface area contributed by atoms with Crippen LogP contribution in [0.4, 0.5) is 5.69 Å². The van der Waals surface area contributed by atoms with Crippen LogP contribution in [0.1, 0.15) is 5.56 Å². The Balaban J connectivity index is 1.83. The first kappa shape index (κ1) is 15.1. The van der Waals surface area contributed by atoms with Crippen molar-refractivity contribution < 1.29 is 9.59 Å². The van der Waals surface area contributed by atoms with Crippen LogP contribution in [0.15, 0.2) is 18.2 Å². The van der Waals surface area contributed by atoms with Crippen LogP contribution in [0.25, 0.3) is 0 Å². The average Bonchev–Trinajstić information content (AvgIpc) is 2.41. The lowest BCUT2D eigenvalue weighted by molar-refractivity contribution is -0.122. The Kier molecular flexibility index (Phi) is 5.24. The zero-order valence-corrected chi connectivity index (χ0v) is 12.4. The lowest BCUT2D eigenvalue weighted by Crippen LogP contribution is -2.58. The van der Waals surface area contributed by atoms with Gasteiger partial charge in [-0.1, -0.05) is 17.7 Å². The topological polar surface area (TPSA) is 82.3 Å². The number of hydrogen-bond acceptors (Lipinski definition) is 5. The maximum Gasteiger partial charge on any atom is 0.237 e. The molecule has 1 aromatic rings. The molecular weight excluding hydrogens is 300 g/mol. The molecule has 1 unspecified atom stereocenters. The second-order valence-corrected chi connectivity index (χ2v) is 5.79. The Morgan fingerprint density at radius 3 is 3.10 bits per heavy atom. The number of rotatable bonds is 4. The lowest BCUT2D eigenvalue weighted by Gasteiger charge is -2.24. The zero-order valence-electron chi connectivity index (χ0n) is 10.8. The molecule has 8 heteroatoms. The number of thioether (sulfide) groups is 1. The normalized spacial score (nSPS) is 18.5. The smallest absolute Gasteiger partial charge is 0.237 e. The highest BCUT2D eigenvalue weighted by atomic mass is 35.5. The van der Waals surface area contributed by atoms with Gasteiger partial charge in [-0.05, 0) is 24.6 Å². The van der Waals surface area contributed by atoms with Crippen molar-refractivity contribution in [1.82, 2.24) is 16.2 Å². The molecule has 4 N–H and O–H groups in total. The highest BCUT2D eigenvalue weighted by Crippen LogP contribution is 2.20. The Morgan fingerprint density at radius 2 is 2.35 bits per heavy atom. The third kappa shape index (κ3) is 4.38. The third-order valence-corrected chi connectivity index (χ3v) is 3.86. The van der Waals surface area contributed by atoms with Crippen molar-refractivity contribution >= 4 is 40.9 Å². The highest BCUT2D eigenvalue weighted by Gasteiger charge is 2.18. The molecule has 2 rings (SSSR count). The van der Waals surface area contributed by atoms with E-state index in [9.17, 15) is 9.59 Å². The van der Waals surface area contributed by atoms with Crippen molar-refractivity contribution in [3.63, 3.8) is 0 Å². The molecule has 0 spiro atoms. The minimum atomic E-state index is -0.317. The van der Waals surface area contributed by atoms with Gasteiger partial charge in [-0.3, -0.25) is 9.59 Å². The molecule has 1 aliphatic rings. The second-order valence-electron chi connectivity index (χ2n) is 4.26. The van der Waals surface area contributed by atoms with Crippen LogP contribution in [-0.2, 0) is 9.59 Å². The fraction of sp³-hybridized carbons (Fsp3) is 0.333. The Hall–Kier alpha value is -1.28. The summed E-state index contributed by atoms with van der Waals surface area (Å²) in [6.45, 7) is 2.12. The number of anilines is 1. The van der Waals surface area contributed by atoms with Crippen LogP contribution in [-0.4, -0.2) is 29.6 Å². The number of carbonyl (C=O) groups is 2. The maximum absolute atomic E-state index is 11.9. The molecule has 1 fully saturated rings. The summed E-state index contributed by atoms with van der Waals surface area (Å²) < 4.78 is 0. The first-order valence-corrected chi connectivity index (χ1v) is 7.42. The van der Waals surface area contributed by atoms with Gasteiger partial charge >= 0.3 is 0 Å². The molecule has 108 valence electrons. The van der Waals surface area contributed by atoms with Crippen molar-refractivity contribution in [3.05, 3.63) is 28.8 Å². The standard InChI is InChI=1S/C12H15ClN4O2S/c1-7-2-3-8(13)4-9(7)15-11(19)6-20-12-16-10(18)5-14-17-12/h2-4,12,14,17H,5-6H2,1H3,(H,15,19)(H,16,18). The van der Waals surface area contributed by atoms with Crippen molar-refractivity contribution in [2.45, 2.75) is 12.4 Å². The summed E-state index contributed by atoms with van der Waals surface area (Å²) in [5, 5.41) is 6.08. The largest absolute Gasteiger partial charge is 0.330 e. The van der Waals surface area contributed by atoms with Crippen LogP contribution >= 0.6 is 23.4 Å². The monoisotopic (exact) mass is 314 g/mol. The van der Waals surface area contributed by atoms with E-state index in [0.29, 0.717) is 10.7 Å². The summed E-state index contributed by atoms with van der Waals surface area (Å²) >= 11 is 7.18. The van der Waals surface area contributed by atoms with Gasteiger partial charge in [0.05, 0.1) is 12.3 Å². The van der Waals surface area contributed by atoms with Gasteiger partial charge in [0.15, 0.2) is 0 Å². The van der Waals surface area contributed by atoms with Gasteiger partial charge < -0.3 is 10.6 Å². The molecule has 0 bridgehead atoms. The van der Waals surface area contributed by atoms with Crippen LogP contribution in [0.2, 0.25) is 5.02 Å². The van der Waals surface area contributed by atoms with E-state index in [1.54, 1.807) is 12.1 Å². The molecule has 1 aliphatic heterocycles. The average molecular weight is 315 g/mol. The van der Waals surface area contributed by atoms with E-state index in [4.69, 9.17) is 11.6 Å². The molecular formula is C12H15ClN4O2S. The molecule has 1 heterocycles. The minimum absolute atomic E-state index is 0.104. The van der Waals surface area contributed by atoms with Gasteiger partial charge in [0.25, 0.3) is 0 Å². The summed E-state index contributed by atoms with van der Waals surface area (Å²) in [6, 6.07) is 5.33. The van der Waals surface area contributed by atoms with Crippen LogP contribution < -0.4 is 21.5 Å². The lowest BCUT2D eigenvalue weighted by atomic mass is 10.2. The van der Waals surface area contributed by atoms with E-state index >= 15 is 0 Å². The molecule has 1 atom stereocenters. The van der Waals surface area contributed by atoms with Gasteiger partial charge in [-0.15, -0.1) is 11.8 Å². The molecule has 2 amide bonds. The summed E-state index contributed by atoms with van der Waals surface area (Å²) in [5.41, 5.74) is 6.93. The number of amides is 2. The van der Waals surface area contributed by atoms with E-state index in [1.807, 2.05) is 13.0 Å². The quantitative estimate of drug-likeness (QED) is 0.662. The molecule has 0 aliphatic carbocycles. The number of nitrogens with one attached hydrogen (secondary N) is 4. The molecule has 1 aromatic carbocycles. The van der Waals surface area contributed by atoms with Crippen molar-refractivity contribution in [1.29, 1.82) is 0 Å². The van der Waals surface area contributed by atoms with Crippen LogP contribution in [0.3, 0.4) is 0 Å². The van der Waals surface area contributed by atoms with E-state index in [2.05, 4.69) is 21.5 Å². The summed E-state index contributed by atoms with van der Waals surface area (Å²) in [6.07, 6.45) is 0. The third-order valence-electron chi connectivity index (χ3n) is 2.63. The minimum Gasteiger partial charge on any atom is -0.330 e. The summed E-state index contributed by atoms with van der Waals surface area (Å²) in [7, 11) is 0. The number of aryl methyl sites for hydroxylation is 1. The van der Waals surface area contributed by atoms with Gasteiger partial charge in [0, 0.05) is 10.7 Å². The Bertz CT molecular complexity index is 526. The number of hydrogen-bond donors (Lipinski definition) is 4. The summed E-state index contributed by atoms with van der Waals surface area (Å²) in [4.78, 5) is 23.0. The second kappa shape index (κ2) is 6.94. The zero-order chi connectivity index (χ0) is 14.5. The SMILES string of the molecule is Cc1ccc(Cl)cc1NC(=O)CSC1NNCC(=O)N1. The predicted octanol–water partition coefficient (Wildman–Crippen LogP) is 0.828. The molecule has 1 saturated heterocycles. The van der Waals surface area contributed by atoms with Gasteiger partial charge in [-0.25, -0.2) is 10.9 Å². The van der Waals surface area contributed by atoms with E-state index in [-0.39, 0.29) is 29.6 Å². The van der Waals surface area contributed by atoms with Gasteiger partial charge in [-0.2, -0.15) is 0 Å². The Labute approximate surface area is 126 Å². The first-order chi connectivity index (χ1) is 9.54. The molecule has 20 heavy (non-hydrogen) atoms. The fourth-order valence-electron chi connectivity index (χ4n) is 1.61. The van der Waals surface area contributed by atoms with Crippen LogP contribution in [0.5, 0.6) is 0 Å². The van der Waals surface area contributed by atoms with E-state index in [0.717, 1.165) is 5.56 Å². The number of benzene rings is 1. The van der Waals surface area contributed by atoms with Crippen molar-refractivity contribution in [2.75, 3.05) is 17.6 Å². The number of hydrazine groups is 1. The van der Waals surface area contributed by atoms with Crippen molar-refractivity contribution in [3.8, 4) is 0 Å². The Morgan fingerprint density at radius 1 is 1.55 bits per heavy atom. The van der Waals surface area contributed by atoms with Gasteiger partial charge in [0.1, 0.15) is 5.50 Å². The van der Waals surface area contributed by atoms with Crippen LogP contribution in [0, 0.1) is 6.92 Å². The highest BCUT2D eigenvalue weighted by molar-refractivity contribution is 8.00. The number of halogens is 1. The molecule has 0 aromatic heterocycles. The summed E-state index contributed by atoms with van der Waals surface area (Å²) in [5.74, 6) is -0.0414. The molecule has 0 saturated carbocycles. The van der Waals surface area contributed by atoms with E-state index < -0.39 is 0 Å². The predicted molar refractivity (Wildman–Crippen MR) is 80.3 cm³/mol. The fourth-order valence-corrected chi connectivity index (χ4v) is 2.56. The molecule has 0 radical (unpaired) electrons.